The van der Waals surface area contributed by atoms with Crippen molar-refractivity contribution in [3.63, 3.8) is 0 Å². The number of anilines is 1. The lowest BCUT2D eigenvalue weighted by Gasteiger charge is -2.22. The van der Waals surface area contributed by atoms with Gasteiger partial charge in [0.15, 0.2) is 0 Å². The molecule has 0 spiro atoms. The molecule has 0 saturated carbocycles. The summed E-state index contributed by atoms with van der Waals surface area (Å²) >= 11 is 11.8. The third kappa shape index (κ3) is 6.33. The van der Waals surface area contributed by atoms with Crippen molar-refractivity contribution >= 4 is 40.7 Å². The van der Waals surface area contributed by atoms with Gasteiger partial charge in [0.1, 0.15) is 0 Å². The number of nitrogens with one attached hydrogen (secondary N) is 1. The van der Waals surface area contributed by atoms with Gasteiger partial charge >= 0.3 is 0 Å². The Morgan fingerprint density at radius 1 is 1.19 bits per heavy atom. The fraction of sp³-hybridized carbons (Fsp3) is 0.429. The van der Waals surface area contributed by atoms with Crippen LogP contribution in [0.25, 0.3) is 0 Å². The first kappa shape index (κ1) is 17.8. The Hall–Kier alpha value is -1.30. The van der Waals surface area contributed by atoms with E-state index in [9.17, 15) is 9.59 Å². The zero-order chi connectivity index (χ0) is 16.0. The third-order valence-electron chi connectivity index (χ3n) is 2.80. The first-order valence-corrected chi connectivity index (χ1v) is 7.20. The number of amides is 2. The van der Waals surface area contributed by atoms with Gasteiger partial charge in [-0.05, 0) is 32.3 Å². The van der Waals surface area contributed by atoms with E-state index in [0.29, 0.717) is 28.8 Å². The lowest BCUT2D eigenvalue weighted by Crippen LogP contribution is -2.40. The summed E-state index contributed by atoms with van der Waals surface area (Å²) in [6.45, 7) is 2.61. The highest BCUT2D eigenvalue weighted by Gasteiger charge is 2.14. The van der Waals surface area contributed by atoms with Gasteiger partial charge in [-0.3, -0.25) is 9.59 Å². The zero-order valence-corrected chi connectivity index (χ0v) is 13.8. The van der Waals surface area contributed by atoms with Crippen molar-refractivity contribution in [3.8, 4) is 0 Å². The first-order chi connectivity index (χ1) is 9.79. The van der Waals surface area contributed by atoms with Crippen LogP contribution in [-0.2, 0) is 9.59 Å². The fourth-order valence-corrected chi connectivity index (χ4v) is 2.08. The van der Waals surface area contributed by atoms with Crippen LogP contribution in [0, 0.1) is 0 Å². The van der Waals surface area contributed by atoms with E-state index in [4.69, 9.17) is 23.2 Å². The van der Waals surface area contributed by atoms with Gasteiger partial charge in [-0.25, -0.2) is 0 Å². The molecular formula is C14H19Cl2N3O2. The maximum absolute atomic E-state index is 12.0. The van der Waals surface area contributed by atoms with E-state index in [1.807, 2.05) is 19.0 Å². The van der Waals surface area contributed by atoms with Crippen LogP contribution >= 0.6 is 23.2 Å². The van der Waals surface area contributed by atoms with Crippen LogP contribution in [0.15, 0.2) is 18.2 Å². The minimum Gasteiger partial charge on any atom is -0.332 e. The molecule has 0 atom stereocenters. The second-order valence-corrected chi connectivity index (χ2v) is 5.76. The summed E-state index contributed by atoms with van der Waals surface area (Å²) < 4.78 is 0. The monoisotopic (exact) mass is 331 g/mol. The van der Waals surface area contributed by atoms with Gasteiger partial charge in [-0.2, -0.15) is 0 Å². The number of likely N-dealkylation sites (N-methyl/N-ethyl adjacent to an activating group) is 1. The van der Waals surface area contributed by atoms with Crippen LogP contribution in [0.3, 0.4) is 0 Å². The molecule has 0 heterocycles. The molecule has 0 aromatic heterocycles. The van der Waals surface area contributed by atoms with E-state index in [1.165, 1.54) is 11.8 Å². The van der Waals surface area contributed by atoms with Gasteiger partial charge in [-0.1, -0.05) is 23.2 Å². The predicted octanol–water partition coefficient (Wildman–Crippen LogP) is 2.34. The van der Waals surface area contributed by atoms with Crippen LogP contribution in [0.5, 0.6) is 0 Å². The number of nitrogens with zero attached hydrogens (tertiary/aromatic N) is 2. The molecular weight excluding hydrogens is 313 g/mol. The number of rotatable bonds is 6. The van der Waals surface area contributed by atoms with Crippen molar-refractivity contribution in [2.75, 3.05) is 39.0 Å². The summed E-state index contributed by atoms with van der Waals surface area (Å²) in [5.41, 5.74) is 0.474. The number of carbonyl (C=O) groups excluding carboxylic acids is 2. The van der Waals surface area contributed by atoms with Crippen LogP contribution in [0.4, 0.5) is 5.69 Å². The van der Waals surface area contributed by atoms with Gasteiger partial charge in [0.2, 0.25) is 11.8 Å². The van der Waals surface area contributed by atoms with E-state index in [0.717, 1.165) is 0 Å². The van der Waals surface area contributed by atoms with Crippen molar-refractivity contribution in [1.82, 2.24) is 9.80 Å². The molecule has 0 aliphatic heterocycles. The fourth-order valence-electron chi connectivity index (χ4n) is 1.62. The van der Waals surface area contributed by atoms with E-state index in [1.54, 1.807) is 18.2 Å². The minimum atomic E-state index is -0.298. The number of benzene rings is 1. The Bertz CT molecular complexity index is 521. The van der Waals surface area contributed by atoms with Crippen molar-refractivity contribution in [2.45, 2.75) is 6.92 Å². The third-order valence-corrected chi connectivity index (χ3v) is 3.35. The lowest BCUT2D eigenvalue weighted by molar-refractivity contribution is -0.132. The van der Waals surface area contributed by atoms with Crippen LogP contribution < -0.4 is 5.32 Å². The Morgan fingerprint density at radius 2 is 1.86 bits per heavy atom. The van der Waals surface area contributed by atoms with Crippen molar-refractivity contribution < 1.29 is 9.59 Å². The second-order valence-electron chi connectivity index (χ2n) is 4.92. The smallest absolute Gasteiger partial charge is 0.244 e. The molecule has 1 aromatic rings. The normalized spacial score (nSPS) is 10.6. The summed E-state index contributed by atoms with van der Waals surface area (Å²) in [4.78, 5) is 27.0. The molecule has 0 fully saturated rings. The van der Waals surface area contributed by atoms with Gasteiger partial charge < -0.3 is 15.1 Å². The maximum atomic E-state index is 12.0. The SMILES string of the molecule is CC(=O)N(CCN(C)C)CC(=O)Nc1ccc(Cl)cc1Cl. The van der Waals surface area contributed by atoms with Crippen LogP contribution in [-0.4, -0.2) is 55.3 Å². The predicted molar refractivity (Wildman–Crippen MR) is 85.9 cm³/mol. The number of hydrogen-bond acceptors (Lipinski definition) is 3. The Kier molecular flexibility index (Phi) is 6.95. The molecule has 1 N–H and O–H groups in total. The van der Waals surface area contributed by atoms with E-state index in [2.05, 4.69) is 5.32 Å². The molecule has 0 radical (unpaired) electrons. The zero-order valence-electron chi connectivity index (χ0n) is 12.3. The average Bonchev–Trinajstić information content (AvgIpc) is 2.37. The van der Waals surface area contributed by atoms with Gasteiger partial charge in [0.05, 0.1) is 17.3 Å². The largest absolute Gasteiger partial charge is 0.332 e. The molecule has 0 saturated heterocycles. The highest BCUT2D eigenvalue weighted by Crippen LogP contribution is 2.25. The van der Waals surface area contributed by atoms with Crippen molar-refractivity contribution in [3.05, 3.63) is 28.2 Å². The van der Waals surface area contributed by atoms with Crippen LogP contribution in [0.2, 0.25) is 10.0 Å². The van der Waals surface area contributed by atoms with Gasteiger partial charge in [-0.15, -0.1) is 0 Å². The average molecular weight is 332 g/mol. The van der Waals surface area contributed by atoms with Crippen LogP contribution in [0.1, 0.15) is 6.92 Å². The molecule has 1 rings (SSSR count). The second kappa shape index (κ2) is 8.22. The molecule has 21 heavy (non-hydrogen) atoms. The van der Waals surface area contributed by atoms with Crippen molar-refractivity contribution in [2.24, 2.45) is 0 Å². The molecule has 1 aromatic carbocycles. The molecule has 2 amide bonds. The molecule has 0 aliphatic carbocycles. The van der Waals surface area contributed by atoms with E-state index >= 15 is 0 Å². The molecule has 0 bridgehead atoms. The van der Waals surface area contributed by atoms with Crippen molar-refractivity contribution in [1.29, 1.82) is 0 Å². The molecule has 0 unspecified atom stereocenters. The maximum Gasteiger partial charge on any atom is 0.244 e. The van der Waals surface area contributed by atoms with Gasteiger partial charge in [0.25, 0.3) is 0 Å². The lowest BCUT2D eigenvalue weighted by atomic mass is 10.3. The highest BCUT2D eigenvalue weighted by molar-refractivity contribution is 6.36. The first-order valence-electron chi connectivity index (χ1n) is 6.44. The van der Waals surface area contributed by atoms with E-state index < -0.39 is 0 Å². The minimum absolute atomic E-state index is 0.0118. The summed E-state index contributed by atoms with van der Waals surface area (Å²) in [5, 5.41) is 3.53. The molecule has 7 heteroatoms. The number of hydrogen-bond donors (Lipinski definition) is 1. The standard InChI is InChI=1S/C14H19Cl2N3O2/c1-10(20)19(7-6-18(2)3)9-14(21)17-13-5-4-11(15)8-12(13)16/h4-5,8H,6-7,9H2,1-3H3,(H,17,21). The molecule has 5 nitrogen and oxygen atoms in total. The highest BCUT2D eigenvalue weighted by atomic mass is 35.5. The topological polar surface area (TPSA) is 52.7 Å². The Balaban J connectivity index is 2.63. The number of halogens is 2. The number of carbonyl (C=O) groups is 2. The Labute approximate surface area is 134 Å². The summed E-state index contributed by atoms with van der Waals surface area (Å²) in [7, 11) is 3.82. The molecule has 0 aliphatic rings. The summed E-state index contributed by atoms with van der Waals surface area (Å²) in [6, 6.07) is 4.81. The summed E-state index contributed by atoms with van der Waals surface area (Å²) in [6.07, 6.45) is 0. The summed E-state index contributed by atoms with van der Waals surface area (Å²) in [5.74, 6) is -0.442. The Morgan fingerprint density at radius 3 is 2.38 bits per heavy atom. The molecule has 116 valence electrons. The van der Waals surface area contributed by atoms with Gasteiger partial charge in [0, 0.05) is 25.0 Å². The quantitative estimate of drug-likeness (QED) is 0.870. The van der Waals surface area contributed by atoms with E-state index in [-0.39, 0.29) is 18.4 Å².